The zero-order valence-corrected chi connectivity index (χ0v) is 11.7. The van der Waals surface area contributed by atoms with Crippen LogP contribution in [0.4, 0.5) is 0 Å². The molecule has 106 valence electrons. The number of hydrogen-bond acceptors (Lipinski definition) is 2. The van der Waals surface area contributed by atoms with Gasteiger partial charge in [0.1, 0.15) is 0 Å². The molecule has 1 atom stereocenters. The van der Waals surface area contributed by atoms with E-state index in [-0.39, 0.29) is 12.5 Å². The van der Waals surface area contributed by atoms with Gasteiger partial charge in [0, 0.05) is 12.5 Å². The number of unbranched alkanes of at least 4 members (excludes halogenated alkanes) is 1. The molecule has 2 heteroatoms. The van der Waals surface area contributed by atoms with Gasteiger partial charge in [-0.2, -0.15) is 0 Å². The molecule has 0 aliphatic rings. The molecule has 0 heterocycles. The minimum atomic E-state index is -0.425. The highest BCUT2D eigenvalue weighted by Crippen LogP contribution is 2.30. The number of hydrogen-bond donors (Lipinski definition) is 2. The van der Waals surface area contributed by atoms with Gasteiger partial charge in [0.25, 0.3) is 0 Å². The summed E-state index contributed by atoms with van der Waals surface area (Å²) in [6.07, 6.45) is 1.86. The van der Waals surface area contributed by atoms with Gasteiger partial charge in [-0.25, -0.2) is 0 Å². The van der Waals surface area contributed by atoms with Gasteiger partial charge in [0.15, 0.2) is 0 Å². The predicted octanol–water partition coefficient (Wildman–Crippen LogP) is 3.34. The summed E-state index contributed by atoms with van der Waals surface area (Å²) in [5, 5.41) is 19.4. The highest BCUT2D eigenvalue weighted by molar-refractivity contribution is 5.33. The average Bonchev–Trinajstić information content (AvgIpc) is 2.50. The van der Waals surface area contributed by atoms with E-state index in [0.717, 1.165) is 24.0 Å². The summed E-state index contributed by atoms with van der Waals surface area (Å²) in [6.45, 7) is 0.189. The fraction of sp³-hybridized carbons (Fsp3) is 0.333. The van der Waals surface area contributed by atoms with Crippen molar-refractivity contribution in [3.8, 4) is 0 Å². The molecule has 20 heavy (non-hydrogen) atoms. The van der Waals surface area contributed by atoms with E-state index in [1.807, 2.05) is 36.4 Å². The molecule has 1 unspecified atom stereocenters. The summed E-state index contributed by atoms with van der Waals surface area (Å²) in [7, 11) is 0. The van der Waals surface area contributed by atoms with Gasteiger partial charge in [0.05, 0.1) is 6.10 Å². The molecule has 0 fully saturated rings. The Bertz CT molecular complexity index is 442. The molecular formula is C18H22O2. The van der Waals surface area contributed by atoms with Gasteiger partial charge >= 0.3 is 0 Å². The zero-order chi connectivity index (χ0) is 14.2. The predicted molar refractivity (Wildman–Crippen MR) is 81.7 cm³/mol. The van der Waals surface area contributed by atoms with Crippen molar-refractivity contribution >= 4 is 0 Å². The second-order valence-electron chi connectivity index (χ2n) is 5.09. The topological polar surface area (TPSA) is 40.5 Å². The first-order chi connectivity index (χ1) is 9.83. The monoisotopic (exact) mass is 270 g/mol. The molecular weight excluding hydrogens is 248 g/mol. The van der Waals surface area contributed by atoms with Crippen LogP contribution >= 0.6 is 0 Å². The van der Waals surface area contributed by atoms with Crippen molar-refractivity contribution in [1.29, 1.82) is 0 Å². The lowest BCUT2D eigenvalue weighted by Crippen LogP contribution is -2.20. The third-order valence-corrected chi connectivity index (χ3v) is 3.61. The lowest BCUT2D eigenvalue weighted by atomic mass is 9.84. The fourth-order valence-electron chi connectivity index (χ4n) is 2.59. The quantitative estimate of drug-likeness (QED) is 0.758. The lowest BCUT2D eigenvalue weighted by Gasteiger charge is -2.24. The van der Waals surface area contributed by atoms with E-state index in [1.165, 1.54) is 0 Å². The van der Waals surface area contributed by atoms with Crippen molar-refractivity contribution in [2.45, 2.75) is 31.3 Å². The fourth-order valence-corrected chi connectivity index (χ4v) is 2.59. The molecule has 0 bridgehead atoms. The maximum absolute atomic E-state index is 10.6. The van der Waals surface area contributed by atoms with Gasteiger partial charge in [-0.15, -0.1) is 0 Å². The van der Waals surface area contributed by atoms with E-state index in [0.29, 0.717) is 6.42 Å². The van der Waals surface area contributed by atoms with E-state index in [1.54, 1.807) is 0 Å². The standard InChI is InChI=1S/C18H22O2/c19-14-8-7-13-17(20)18(15-9-3-1-4-10-15)16-11-5-2-6-12-16/h1-6,9-12,17-20H,7-8,13-14H2. The zero-order valence-electron chi connectivity index (χ0n) is 11.7. The Morgan fingerprint density at radius 2 is 1.25 bits per heavy atom. The number of aliphatic hydroxyl groups excluding tert-OH is 2. The molecule has 0 aromatic heterocycles. The van der Waals surface area contributed by atoms with E-state index in [2.05, 4.69) is 24.3 Å². The molecule has 2 N–H and O–H groups in total. The number of rotatable bonds is 7. The van der Waals surface area contributed by atoms with Crippen molar-refractivity contribution in [1.82, 2.24) is 0 Å². The van der Waals surface area contributed by atoms with Crippen LogP contribution in [-0.4, -0.2) is 22.9 Å². The second-order valence-corrected chi connectivity index (χ2v) is 5.09. The summed E-state index contributed by atoms with van der Waals surface area (Å²) in [6, 6.07) is 20.3. The van der Waals surface area contributed by atoms with Crippen molar-refractivity contribution in [2.75, 3.05) is 6.61 Å². The molecule has 2 nitrogen and oxygen atoms in total. The highest BCUT2D eigenvalue weighted by Gasteiger charge is 2.22. The first-order valence-electron chi connectivity index (χ1n) is 7.21. The number of benzene rings is 2. The summed E-state index contributed by atoms with van der Waals surface area (Å²) in [5.41, 5.74) is 2.27. The SMILES string of the molecule is OCCCCC(O)C(c1ccccc1)c1ccccc1. The van der Waals surface area contributed by atoms with E-state index >= 15 is 0 Å². The Kier molecular flexibility index (Phi) is 5.78. The van der Waals surface area contributed by atoms with Gasteiger partial charge in [-0.3, -0.25) is 0 Å². The first kappa shape index (κ1) is 14.8. The molecule has 2 aromatic carbocycles. The molecule has 0 radical (unpaired) electrons. The Balaban J connectivity index is 2.21. The van der Waals surface area contributed by atoms with Crippen LogP contribution < -0.4 is 0 Å². The van der Waals surface area contributed by atoms with Crippen LogP contribution in [0.1, 0.15) is 36.3 Å². The molecule has 2 aromatic rings. The van der Waals surface area contributed by atoms with Crippen LogP contribution in [0.5, 0.6) is 0 Å². The van der Waals surface area contributed by atoms with Crippen molar-refractivity contribution in [3.05, 3.63) is 71.8 Å². The van der Waals surface area contributed by atoms with E-state index < -0.39 is 6.10 Å². The summed E-state index contributed by atoms with van der Waals surface area (Å²) in [5.74, 6) is -0.00362. The minimum absolute atomic E-state index is 0.00362. The Morgan fingerprint density at radius 1 is 0.750 bits per heavy atom. The lowest BCUT2D eigenvalue weighted by molar-refractivity contribution is 0.140. The molecule has 2 rings (SSSR count). The second kappa shape index (κ2) is 7.83. The third-order valence-electron chi connectivity index (χ3n) is 3.61. The van der Waals surface area contributed by atoms with Crippen molar-refractivity contribution in [3.63, 3.8) is 0 Å². The van der Waals surface area contributed by atoms with E-state index in [9.17, 15) is 5.11 Å². The molecule has 0 aliphatic carbocycles. The maximum atomic E-state index is 10.6. The largest absolute Gasteiger partial charge is 0.396 e. The van der Waals surface area contributed by atoms with Crippen molar-refractivity contribution in [2.24, 2.45) is 0 Å². The normalized spacial score (nSPS) is 12.6. The first-order valence-corrected chi connectivity index (χ1v) is 7.21. The molecule has 0 saturated heterocycles. The van der Waals surface area contributed by atoms with Crippen LogP contribution in [0.15, 0.2) is 60.7 Å². The van der Waals surface area contributed by atoms with E-state index in [4.69, 9.17) is 5.11 Å². The smallest absolute Gasteiger partial charge is 0.0649 e. The van der Waals surface area contributed by atoms with Crippen LogP contribution in [0, 0.1) is 0 Å². The molecule has 0 saturated carbocycles. The van der Waals surface area contributed by atoms with Crippen LogP contribution in [0.25, 0.3) is 0 Å². The summed E-state index contributed by atoms with van der Waals surface area (Å²) >= 11 is 0. The molecule has 0 spiro atoms. The average molecular weight is 270 g/mol. The molecule has 0 amide bonds. The van der Waals surface area contributed by atoms with Gasteiger partial charge < -0.3 is 10.2 Å². The van der Waals surface area contributed by atoms with Crippen LogP contribution in [0.3, 0.4) is 0 Å². The summed E-state index contributed by atoms with van der Waals surface area (Å²) in [4.78, 5) is 0. The van der Waals surface area contributed by atoms with Gasteiger partial charge in [0.2, 0.25) is 0 Å². The van der Waals surface area contributed by atoms with Gasteiger partial charge in [-0.05, 0) is 30.4 Å². The summed E-state index contributed by atoms with van der Waals surface area (Å²) < 4.78 is 0. The highest BCUT2D eigenvalue weighted by atomic mass is 16.3. The minimum Gasteiger partial charge on any atom is -0.396 e. The van der Waals surface area contributed by atoms with Gasteiger partial charge in [-0.1, -0.05) is 60.7 Å². The maximum Gasteiger partial charge on any atom is 0.0649 e. The van der Waals surface area contributed by atoms with Crippen LogP contribution in [-0.2, 0) is 0 Å². The Hall–Kier alpha value is -1.64. The Morgan fingerprint density at radius 3 is 1.70 bits per heavy atom. The molecule has 0 aliphatic heterocycles. The Labute approximate surface area is 120 Å². The third kappa shape index (κ3) is 3.92. The van der Waals surface area contributed by atoms with Crippen molar-refractivity contribution < 1.29 is 10.2 Å². The number of aliphatic hydroxyl groups is 2. The van der Waals surface area contributed by atoms with Crippen LogP contribution in [0.2, 0.25) is 0 Å².